The lowest BCUT2D eigenvalue weighted by molar-refractivity contribution is 0.551. The first-order valence-electron chi connectivity index (χ1n) is 4.33. The second-order valence-corrected chi connectivity index (χ2v) is 2.83. The third-order valence-corrected chi connectivity index (χ3v) is 1.69. The van der Waals surface area contributed by atoms with E-state index in [1.54, 1.807) is 13.1 Å². The van der Waals surface area contributed by atoms with Gasteiger partial charge in [0.25, 0.3) is 5.71 Å². The summed E-state index contributed by atoms with van der Waals surface area (Å²) < 4.78 is 5.26. The molecule has 2 aromatic rings. The molecule has 0 spiro atoms. The Morgan fingerprint density at radius 2 is 2.36 bits per heavy atom. The van der Waals surface area contributed by atoms with Crippen LogP contribution < -0.4 is 11.1 Å². The number of hydrogen-bond acceptors (Lipinski definition) is 6. The summed E-state index contributed by atoms with van der Waals surface area (Å²) in [5.74, 6) is 1.10. The van der Waals surface area contributed by atoms with Crippen LogP contribution in [0.3, 0.4) is 0 Å². The summed E-state index contributed by atoms with van der Waals surface area (Å²) in [4.78, 5) is 12.3. The molecule has 2 heterocycles. The fraction of sp³-hybridized carbons (Fsp3) is 0.375. The maximum Gasteiger partial charge on any atom is 0.251 e. The third kappa shape index (κ3) is 1.64. The highest BCUT2D eigenvalue weighted by atomic mass is 16.4. The number of fused-ring (bicyclic) bond motifs is 1. The van der Waals surface area contributed by atoms with Crippen LogP contribution in [0, 0.1) is 6.92 Å². The van der Waals surface area contributed by atoms with Crippen LogP contribution in [0.5, 0.6) is 0 Å². The Kier molecular flexibility index (Phi) is 2.28. The van der Waals surface area contributed by atoms with Crippen molar-refractivity contribution in [3.05, 3.63) is 12.1 Å². The topological polar surface area (TPSA) is 89.9 Å². The van der Waals surface area contributed by atoms with Gasteiger partial charge >= 0.3 is 0 Å². The Hall–Kier alpha value is -1.69. The van der Waals surface area contributed by atoms with Crippen LogP contribution in [0.15, 0.2) is 10.6 Å². The lowest BCUT2D eigenvalue weighted by atomic mass is 10.5. The molecular formula is C8H11N5O. The summed E-state index contributed by atoms with van der Waals surface area (Å²) in [6.45, 7) is 2.95. The number of hydrogen-bond donors (Lipinski definition) is 2. The second-order valence-electron chi connectivity index (χ2n) is 2.83. The highest BCUT2D eigenvalue weighted by Gasteiger charge is 2.04. The van der Waals surface area contributed by atoms with Crippen molar-refractivity contribution in [2.75, 3.05) is 18.4 Å². The molecule has 2 aromatic heterocycles. The fourth-order valence-corrected chi connectivity index (χ4v) is 1.11. The molecule has 0 aliphatic rings. The molecule has 0 aliphatic carbocycles. The summed E-state index contributed by atoms with van der Waals surface area (Å²) >= 11 is 0. The summed E-state index contributed by atoms with van der Waals surface area (Å²) in [6.07, 6.45) is 1.62. The number of rotatable bonds is 3. The van der Waals surface area contributed by atoms with Gasteiger partial charge in [0.2, 0.25) is 5.95 Å². The molecule has 0 aromatic carbocycles. The van der Waals surface area contributed by atoms with E-state index in [-0.39, 0.29) is 0 Å². The first-order valence-corrected chi connectivity index (χ1v) is 4.33. The summed E-state index contributed by atoms with van der Waals surface area (Å²) in [5, 5.41) is 2.96. The number of nitrogens with zero attached hydrogens (tertiary/aromatic N) is 3. The summed E-state index contributed by atoms with van der Waals surface area (Å²) in [7, 11) is 0. The lowest BCUT2D eigenvalue weighted by Gasteiger charge is -1.99. The van der Waals surface area contributed by atoms with E-state index >= 15 is 0 Å². The van der Waals surface area contributed by atoms with E-state index in [9.17, 15) is 0 Å². The third-order valence-electron chi connectivity index (χ3n) is 1.69. The van der Waals surface area contributed by atoms with Gasteiger partial charge in [-0.3, -0.25) is 0 Å². The number of aromatic nitrogens is 3. The van der Waals surface area contributed by atoms with Gasteiger partial charge in [0, 0.05) is 20.0 Å². The fourth-order valence-electron chi connectivity index (χ4n) is 1.11. The quantitative estimate of drug-likeness (QED) is 0.728. The van der Waals surface area contributed by atoms with Crippen molar-refractivity contribution < 1.29 is 4.42 Å². The van der Waals surface area contributed by atoms with Crippen LogP contribution in [0.2, 0.25) is 0 Å². The highest BCUT2D eigenvalue weighted by Crippen LogP contribution is 2.12. The number of oxazole rings is 1. The molecule has 0 aliphatic heterocycles. The van der Waals surface area contributed by atoms with Gasteiger partial charge in [-0.15, -0.1) is 0 Å². The van der Waals surface area contributed by atoms with Gasteiger partial charge in [0.15, 0.2) is 5.89 Å². The maximum absolute atomic E-state index is 5.34. The molecule has 0 bridgehead atoms. The average Bonchev–Trinajstić information content (AvgIpc) is 2.54. The van der Waals surface area contributed by atoms with Crippen LogP contribution in [0.1, 0.15) is 5.89 Å². The van der Waals surface area contributed by atoms with Gasteiger partial charge in [-0.1, -0.05) is 0 Å². The molecule has 0 amide bonds. The van der Waals surface area contributed by atoms with Gasteiger partial charge in [-0.05, 0) is 0 Å². The second kappa shape index (κ2) is 3.59. The highest BCUT2D eigenvalue weighted by molar-refractivity contribution is 5.67. The van der Waals surface area contributed by atoms with E-state index < -0.39 is 0 Å². The molecule has 14 heavy (non-hydrogen) atoms. The van der Waals surface area contributed by atoms with E-state index in [1.807, 2.05) is 0 Å². The van der Waals surface area contributed by atoms with Gasteiger partial charge in [0.1, 0.15) is 5.52 Å². The van der Waals surface area contributed by atoms with Crippen molar-refractivity contribution in [1.82, 2.24) is 15.0 Å². The van der Waals surface area contributed by atoms with E-state index in [0.29, 0.717) is 36.2 Å². The Morgan fingerprint density at radius 3 is 3.14 bits per heavy atom. The number of nitrogens with two attached hydrogens (primary N) is 1. The van der Waals surface area contributed by atoms with Crippen molar-refractivity contribution in [3.8, 4) is 0 Å². The molecule has 0 radical (unpaired) electrons. The predicted molar refractivity (Wildman–Crippen MR) is 51.9 cm³/mol. The average molecular weight is 193 g/mol. The van der Waals surface area contributed by atoms with Crippen LogP contribution in [-0.2, 0) is 0 Å². The Balaban J connectivity index is 2.31. The molecule has 0 atom stereocenters. The minimum Gasteiger partial charge on any atom is -0.422 e. The van der Waals surface area contributed by atoms with Crippen molar-refractivity contribution in [2.45, 2.75) is 6.92 Å². The van der Waals surface area contributed by atoms with Gasteiger partial charge in [-0.25, -0.2) is 9.97 Å². The molecule has 74 valence electrons. The normalized spacial score (nSPS) is 10.7. The first-order chi connectivity index (χ1) is 6.79. The SMILES string of the molecule is Cc1nc2cnc(NCCN)nc2o1. The van der Waals surface area contributed by atoms with Crippen molar-refractivity contribution in [2.24, 2.45) is 5.73 Å². The zero-order chi connectivity index (χ0) is 9.97. The minimum absolute atomic E-state index is 0.497. The minimum atomic E-state index is 0.497. The van der Waals surface area contributed by atoms with E-state index in [4.69, 9.17) is 10.2 Å². The van der Waals surface area contributed by atoms with E-state index in [0.717, 1.165) is 0 Å². The van der Waals surface area contributed by atoms with Crippen LogP contribution in [0.4, 0.5) is 5.95 Å². The Labute approximate surface area is 80.6 Å². The molecule has 0 saturated heterocycles. The molecule has 0 unspecified atom stereocenters. The van der Waals surface area contributed by atoms with E-state index in [1.165, 1.54) is 0 Å². The first kappa shape index (κ1) is 8.89. The molecule has 0 saturated carbocycles. The lowest BCUT2D eigenvalue weighted by Crippen LogP contribution is -2.14. The molecule has 0 fully saturated rings. The van der Waals surface area contributed by atoms with Gasteiger partial charge in [-0.2, -0.15) is 4.98 Å². The molecule has 2 rings (SSSR count). The Morgan fingerprint density at radius 1 is 1.50 bits per heavy atom. The zero-order valence-electron chi connectivity index (χ0n) is 7.82. The molecule has 6 heteroatoms. The van der Waals surface area contributed by atoms with Crippen molar-refractivity contribution in [3.63, 3.8) is 0 Å². The maximum atomic E-state index is 5.34. The van der Waals surface area contributed by atoms with E-state index in [2.05, 4.69) is 20.3 Å². The molecule has 3 N–H and O–H groups in total. The van der Waals surface area contributed by atoms with Crippen molar-refractivity contribution >= 4 is 17.2 Å². The largest absolute Gasteiger partial charge is 0.422 e. The number of nitrogens with one attached hydrogen (secondary N) is 1. The van der Waals surface area contributed by atoms with Crippen LogP contribution >= 0.6 is 0 Å². The standard InChI is InChI=1S/C8H11N5O/c1-5-12-6-4-11-8(10-3-2-9)13-7(6)14-5/h4H,2-3,9H2,1H3,(H,10,11,13). The van der Waals surface area contributed by atoms with Gasteiger partial charge < -0.3 is 15.5 Å². The van der Waals surface area contributed by atoms with Gasteiger partial charge in [0.05, 0.1) is 6.20 Å². The number of anilines is 1. The molecular weight excluding hydrogens is 182 g/mol. The summed E-state index contributed by atoms with van der Waals surface area (Å²) in [5.41, 5.74) is 6.50. The predicted octanol–water partition coefficient (Wildman–Crippen LogP) is 0.297. The number of aryl methyl sites for hydroxylation is 1. The monoisotopic (exact) mass is 193 g/mol. The van der Waals surface area contributed by atoms with Crippen LogP contribution in [-0.4, -0.2) is 28.0 Å². The Bertz CT molecular complexity index is 438. The summed E-state index contributed by atoms with van der Waals surface area (Å²) in [6, 6.07) is 0. The van der Waals surface area contributed by atoms with Crippen molar-refractivity contribution in [1.29, 1.82) is 0 Å². The smallest absolute Gasteiger partial charge is 0.251 e. The zero-order valence-corrected chi connectivity index (χ0v) is 7.82. The van der Waals surface area contributed by atoms with Crippen LogP contribution in [0.25, 0.3) is 11.2 Å². The molecule has 6 nitrogen and oxygen atoms in total.